The van der Waals surface area contributed by atoms with Crippen LogP contribution in [0.4, 0.5) is 0 Å². The molecule has 0 radical (unpaired) electrons. The minimum atomic E-state index is -0.455. The van der Waals surface area contributed by atoms with Gasteiger partial charge in [-0.15, -0.1) is 0 Å². The SMILES string of the molecule is C/C=C\C/C=C\C(C)(C)CC(C)(C)C(=O)OCC(C)C. The fraction of sp³-hybridized carbons (Fsp3) is 0.722. The van der Waals surface area contributed by atoms with E-state index in [2.05, 4.69) is 32.1 Å². The van der Waals surface area contributed by atoms with E-state index in [9.17, 15) is 4.79 Å². The molecule has 2 nitrogen and oxygen atoms in total. The average Bonchev–Trinajstić information content (AvgIpc) is 2.30. The fourth-order valence-electron chi connectivity index (χ4n) is 2.31. The van der Waals surface area contributed by atoms with Gasteiger partial charge in [0.05, 0.1) is 12.0 Å². The van der Waals surface area contributed by atoms with E-state index in [1.165, 1.54) is 0 Å². The molecule has 2 heteroatoms. The van der Waals surface area contributed by atoms with Gasteiger partial charge in [0.1, 0.15) is 0 Å². The molecule has 0 unspecified atom stereocenters. The third-order valence-electron chi connectivity index (χ3n) is 3.07. The maximum atomic E-state index is 12.2. The van der Waals surface area contributed by atoms with Gasteiger partial charge in [0.2, 0.25) is 0 Å². The summed E-state index contributed by atoms with van der Waals surface area (Å²) in [5.74, 6) is 0.282. The Morgan fingerprint density at radius 1 is 1.15 bits per heavy atom. The van der Waals surface area contributed by atoms with Crippen LogP contribution in [0.1, 0.15) is 61.3 Å². The second-order valence-electron chi connectivity index (χ2n) is 7.25. The molecular formula is C18H32O2. The lowest BCUT2D eigenvalue weighted by molar-refractivity contribution is -0.156. The van der Waals surface area contributed by atoms with E-state index in [0.29, 0.717) is 12.5 Å². The number of hydrogen-bond acceptors (Lipinski definition) is 2. The molecule has 116 valence electrons. The number of rotatable bonds is 8. The van der Waals surface area contributed by atoms with Gasteiger partial charge < -0.3 is 4.74 Å². The molecule has 0 aromatic carbocycles. The lowest BCUT2D eigenvalue weighted by atomic mass is 9.75. The van der Waals surface area contributed by atoms with Gasteiger partial charge in [-0.05, 0) is 44.9 Å². The Morgan fingerprint density at radius 2 is 1.75 bits per heavy atom. The number of carbonyl (C=O) groups is 1. The van der Waals surface area contributed by atoms with Crippen molar-refractivity contribution in [3.05, 3.63) is 24.3 Å². The summed E-state index contributed by atoms with van der Waals surface area (Å²) in [5, 5.41) is 0. The zero-order valence-corrected chi connectivity index (χ0v) is 14.3. The molecule has 20 heavy (non-hydrogen) atoms. The highest BCUT2D eigenvalue weighted by Gasteiger charge is 2.34. The number of ether oxygens (including phenoxy) is 1. The summed E-state index contributed by atoms with van der Waals surface area (Å²) in [6.07, 6.45) is 10.3. The van der Waals surface area contributed by atoms with Gasteiger partial charge in [0, 0.05) is 0 Å². The molecule has 0 aliphatic carbocycles. The van der Waals surface area contributed by atoms with Crippen LogP contribution in [0.2, 0.25) is 0 Å². The van der Waals surface area contributed by atoms with Crippen molar-refractivity contribution < 1.29 is 9.53 Å². The number of hydrogen-bond donors (Lipinski definition) is 0. The predicted molar refractivity (Wildman–Crippen MR) is 86.5 cm³/mol. The molecule has 0 heterocycles. The molecule has 0 rings (SSSR count). The number of esters is 1. The van der Waals surface area contributed by atoms with E-state index in [0.717, 1.165) is 12.8 Å². The molecule has 0 aromatic rings. The first-order valence-electron chi connectivity index (χ1n) is 7.57. The highest BCUT2D eigenvalue weighted by Crippen LogP contribution is 2.35. The van der Waals surface area contributed by atoms with Crippen molar-refractivity contribution in [3.63, 3.8) is 0 Å². The second kappa shape index (κ2) is 8.28. The van der Waals surface area contributed by atoms with Gasteiger partial charge in [-0.1, -0.05) is 52.0 Å². The minimum absolute atomic E-state index is 0.0120. The average molecular weight is 280 g/mol. The van der Waals surface area contributed by atoms with E-state index >= 15 is 0 Å². The van der Waals surface area contributed by atoms with Crippen molar-refractivity contribution in [3.8, 4) is 0 Å². The summed E-state index contributed by atoms with van der Waals surface area (Å²) >= 11 is 0. The smallest absolute Gasteiger partial charge is 0.311 e. The lowest BCUT2D eigenvalue weighted by Gasteiger charge is -2.31. The van der Waals surface area contributed by atoms with Crippen LogP contribution in [-0.4, -0.2) is 12.6 Å². The number of carbonyl (C=O) groups excluding carboxylic acids is 1. The zero-order valence-electron chi connectivity index (χ0n) is 14.3. The van der Waals surface area contributed by atoms with Crippen LogP contribution in [0.5, 0.6) is 0 Å². The standard InChI is InChI=1S/C18H32O2/c1-8-9-10-11-12-17(4,5)14-18(6,7)16(19)20-13-15(2)3/h8-9,11-12,15H,10,13-14H2,1-7H3/b9-8-,12-11-. The molecule has 0 amide bonds. The van der Waals surface area contributed by atoms with E-state index in [-0.39, 0.29) is 11.4 Å². The third kappa shape index (κ3) is 8.19. The summed E-state index contributed by atoms with van der Waals surface area (Å²) < 4.78 is 5.38. The molecule has 0 aliphatic rings. The largest absolute Gasteiger partial charge is 0.465 e. The zero-order chi connectivity index (χ0) is 15.8. The molecule has 0 saturated carbocycles. The molecule has 0 aliphatic heterocycles. The third-order valence-corrected chi connectivity index (χ3v) is 3.07. The maximum absolute atomic E-state index is 12.2. The van der Waals surface area contributed by atoms with Crippen LogP contribution in [0.25, 0.3) is 0 Å². The molecule has 0 fully saturated rings. The highest BCUT2D eigenvalue weighted by molar-refractivity contribution is 5.76. The minimum Gasteiger partial charge on any atom is -0.465 e. The van der Waals surface area contributed by atoms with Crippen molar-refractivity contribution in [2.45, 2.75) is 61.3 Å². The van der Waals surface area contributed by atoms with Crippen LogP contribution < -0.4 is 0 Å². The Morgan fingerprint density at radius 3 is 2.25 bits per heavy atom. The van der Waals surface area contributed by atoms with Crippen LogP contribution in [0, 0.1) is 16.7 Å². The second-order valence-corrected chi connectivity index (χ2v) is 7.25. The highest BCUT2D eigenvalue weighted by atomic mass is 16.5. The van der Waals surface area contributed by atoms with Crippen LogP contribution in [-0.2, 0) is 9.53 Å². The lowest BCUT2D eigenvalue weighted by Crippen LogP contribution is -2.32. The van der Waals surface area contributed by atoms with Crippen molar-refractivity contribution in [1.29, 1.82) is 0 Å². The van der Waals surface area contributed by atoms with Gasteiger partial charge in [-0.25, -0.2) is 0 Å². The Labute approximate surface area is 125 Å². The first kappa shape index (κ1) is 18.9. The van der Waals surface area contributed by atoms with Crippen LogP contribution in [0.15, 0.2) is 24.3 Å². The first-order chi connectivity index (χ1) is 9.10. The summed E-state index contributed by atoms with van der Waals surface area (Å²) in [5.41, 5.74) is -0.467. The van der Waals surface area contributed by atoms with E-state index < -0.39 is 5.41 Å². The van der Waals surface area contributed by atoms with Crippen LogP contribution >= 0.6 is 0 Å². The van der Waals surface area contributed by atoms with Gasteiger partial charge in [-0.3, -0.25) is 4.79 Å². The van der Waals surface area contributed by atoms with E-state index in [4.69, 9.17) is 4.74 Å². The Balaban J connectivity index is 4.55. The Kier molecular flexibility index (Phi) is 7.85. The van der Waals surface area contributed by atoms with Crippen molar-refractivity contribution in [1.82, 2.24) is 0 Å². The normalized spacial score (nSPS) is 13.6. The molecule has 0 N–H and O–H groups in total. The van der Waals surface area contributed by atoms with Gasteiger partial charge in [0.15, 0.2) is 0 Å². The Bertz CT molecular complexity index is 346. The van der Waals surface area contributed by atoms with E-state index in [1.807, 2.05) is 40.7 Å². The molecule has 0 atom stereocenters. The monoisotopic (exact) mass is 280 g/mol. The van der Waals surface area contributed by atoms with Gasteiger partial charge in [-0.2, -0.15) is 0 Å². The summed E-state index contributed by atoms with van der Waals surface area (Å²) in [7, 11) is 0. The molecule has 0 aromatic heterocycles. The van der Waals surface area contributed by atoms with Crippen LogP contribution in [0.3, 0.4) is 0 Å². The van der Waals surface area contributed by atoms with Gasteiger partial charge in [0.25, 0.3) is 0 Å². The first-order valence-corrected chi connectivity index (χ1v) is 7.57. The Hall–Kier alpha value is -1.05. The van der Waals surface area contributed by atoms with Crippen molar-refractivity contribution in [2.24, 2.45) is 16.7 Å². The summed E-state index contributed by atoms with van der Waals surface area (Å²) in [6.45, 7) is 14.9. The van der Waals surface area contributed by atoms with Gasteiger partial charge >= 0.3 is 5.97 Å². The molecule has 0 bridgehead atoms. The summed E-state index contributed by atoms with van der Waals surface area (Å²) in [4.78, 5) is 12.2. The molecule has 0 saturated heterocycles. The summed E-state index contributed by atoms with van der Waals surface area (Å²) in [6, 6.07) is 0. The quantitative estimate of drug-likeness (QED) is 0.454. The molecular weight excluding hydrogens is 248 g/mol. The van der Waals surface area contributed by atoms with E-state index in [1.54, 1.807) is 0 Å². The van der Waals surface area contributed by atoms with Crippen molar-refractivity contribution in [2.75, 3.05) is 6.61 Å². The molecule has 0 spiro atoms. The maximum Gasteiger partial charge on any atom is 0.311 e. The predicted octanol–water partition coefficient (Wildman–Crippen LogP) is 5.15. The fourth-order valence-corrected chi connectivity index (χ4v) is 2.31. The topological polar surface area (TPSA) is 26.3 Å². The van der Waals surface area contributed by atoms with Crippen molar-refractivity contribution >= 4 is 5.97 Å². The number of allylic oxidation sites excluding steroid dienone is 4.